The van der Waals surface area contributed by atoms with Gasteiger partial charge in [0.1, 0.15) is 0 Å². The van der Waals surface area contributed by atoms with Crippen molar-refractivity contribution in [2.45, 2.75) is 51.4 Å². The summed E-state index contributed by atoms with van der Waals surface area (Å²) in [5.74, 6) is -0.495. The van der Waals surface area contributed by atoms with Gasteiger partial charge < -0.3 is 16.0 Å². The average Bonchev–Trinajstić information content (AvgIpc) is 2.21. The van der Waals surface area contributed by atoms with Crippen LogP contribution in [-0.2, 0) is 4.79 Å². The van der Waals surface area contributed by atoms with Gasteiger partial charge in [-0.25, -0.2) is 0 Å². The number of nitrogens with zero attached hydrogens (tertiary/aromatic N) is 1. The minimum Gasteiger partial charge on any atom is -0.368 e. The fraction of sp³-hybridized carbons (Fsp3) is 0.917. The Morgan fingerprint density at radius 1 is 1.26 bits per heavy atom. The normalized spacial score (nSPS) is 15.8. The summed E-state index contributed by atoms with van der Waals surface area (Å²) in [6, 6.07) is 0.0676. The van der Waals surface area contributed by atoms with Crippen LogP contribution in [0.5, 0.6) is 0 Å². The summed E-state index contributed by atoms with van der Waals surface area (Å²) in [6.07, 6.45) is -4.64. The lowest BCUT2D eigenvalue weighted by Crippen LogP contribution is -2.56. The van der Waals surface area contributed by atoms with Gasteiger partial charge in [0.2, 0.25) is 5.91 Å². The van der Waals surface area contributed by atoms with Crippen LogP contribution in [0.1, 0.15) is 33.6 Å². The van der Waals surface area contributed by atoms with Gasteiger partial charge in [0.25, 0.3) is 0 Å². The van der Waals surface area contributed by atoms with Gasteiger partial charge in [-0.05, 0) is 34.2 Å². The van der Waals surface area contributed by atoms with Crippen LogP contribution in [0.15, 0.2) is 0 Å². The molecule has 0 aliphatic heterocycles. The third-order valence-electron chi connectivity index (χ3n) is 2.92. The Balaban J connectivity index is 4.29. The van der Waals surface area contributed by atoms with Crippen LogP contribution in [0.25, 0.3) is 0 Å². The molecule has 0 aromatic rings. The molecule has 0 saturated heterocycles. The second-order valence-corrected chi connectivity index (χ2v) is 5.41. The first-order chi connectivity index (χ1) is 8.46. The number of hydrogen-bond acceptors (Lipinski definition) is 3. The molecule has 0 aliphatic rings. The highest BCUT2D eigenvalue weighted by Crippen LogP contribution is 2.20. The number of carbonyl (C=O) groups is 1. The summed E-state index contributed by atoms with van der Waals surface area (Å²) >= 11 is 0. The summed E-state index contributed by atoms with van der Waals surface area (Å²) in [6.45, 7) is 5.73. The number of alkyl halides is 3. The van der Waals surface area contributed by atoms with Crippen molar-refractivity contribution in [3.8, 4) is 0 Å². The Bertz CT molecular complexity index is 294. The number of halogens is 3. The van der Waals surface area contributed by atoms with E-state index in [1.807, 2.05) is 13.8 Å². The number of rotatable bonds is 8. The summed E-state index contributed by atoms with van der Waals surface area (Å²) in [5, 5.41) is 3.06. The van der Waals surface area contributed by atoms with E-state index in [0.29, 0.717) is 13.0 Å². The van der Waals surface area contributed by atoms with E-state index in [1.54, 1.807) is 18.9 Å². The van der Waals surface area contributed by atoms with Gasteiger partial charge in [-0.3, -0.25) is 4.79 Å². The first kappa shape index (κ1) is 18.2. The zero-order chi connectivity index (χ0) is 15.3. The lowest BCUT2D eigenvalue weighted by molar-refractivity contribution is -0.137. The smallest absolute Gasteiger partial charge is 0.368 e. The fourth-order valence-corrected chi connectivity index (χ4v) is 1.75. The molecule has 1 atom stereocenters. The molecule has 0 spiro atoms. The third kappa shape index (κ3) is 8.05. The lowest BCUT2D eigenvalue weighted by Gasteiger charge is -2.31. The van der Waals surface area contributed by atoms with E-state index in [9.17, 15) is 18.0 Å². The Morgan fingerprint density at radius 2 is 1.74 bits per heavy atom. The van der Waals surface area contributed by atoms with E-state index in [0.717, 1.165) is 0 Å². The quantitative estimate of drug-likeness (QED) is 0.710. The van der Waals surface area contributed by atoms with Crippen molar-refractivity contribution < 1.29 is 18.0 Å². The van der Waals surface area contributed by atoms with Crippen LogP contribution in [0, 0.1) is 0 Å². The highest BCUT2D eigenvalue weighted by Gasteiger charge is 2.32. The van der Waals surface area contributed by atoms with Gasteiger partial charge >= 0.3 is 6.18 Å². The minimum atomic E-state index is -4.16. The Kier molecular flexibility index (Phi) is 6.79. The topological polar surface area (TPSA) is 58.4 Å². The molecule has 0 aromatic heterocycles. The van der Waals surface area contributed by atoms with E-state index >= 15 is 0 Å². The molecule has 0 bridgehead atoms. The molecule has 0 radical (unpaired) electrons. The van der Waals surface area contributed by atoms with Crippen molar-refractivity contribution in [2.75, 3.05) is 20.1 Å². The lowest BCUT2D eigenvalue weighted by atomic mass is 9.95. The standard InChI is InChI=1S/C12H24F3N3O/c1-9(2)17-11(3,10(16)19)5-7-18(4)8-6-12(13,14)15/h9,17H,5-8H2,1-4H3,(H2,16,19). The molecule has 114 valence electrons. The second kappa shape index (κ2) is 7.09. The van der Waals surface area contributed by atoms with Crippen LogP contribution in [0.4, 0.5) is 13.2 Å². The zero-order valence-corrected chi connectivity index (χ0v) is 12.0. The van der Waals surface area contributed by atoms with E-state index < -0.39 is 24.0 Å². The Morgan fingerprint density at radius 3 is 2.11 bits per heavy atom. The molecule has 0 rings (SSSR count). The monoisotopic (exact) mass is 283 g/mol. The molecule has 0 heterocycles. The summed E-state index contributed by atoms with van der Waals surface area (Å²) in [5.41, 5.74) is 4.45. The van der Waals surface area contributed by atoms with Crippen molar-refractivity contribution in [3.05, 3.63) is 0 Å². The van der Waals surface area contributed by atoms with Crippen LogP contribution in [0.2, 0.25) is 0 Å². The van der Waals surface area contributed by atoms with E-state index in [1.165, 1.54) is 0 Å². The molecule has 1 unspecified atom stereocenters. The Hall–Kier alpha value is -0.820. The molecule has 0 fully saturated rings. The van der Waals surface area contributed by atoms with Crippen LogP contribution < -0.4 is 11.1 Å². The number of hydrogen-bond donors (Lipinski definition) is 2. The van der Waals surface area contributed by atoms with Crippen molar-refractivity contribution in [3.63, 3.8) is 0 Å². The molecule has 19 heavy (non-hydrogen) atoms. The average molecular weight is 283 g/mol. The maximum absolute atomic E-state index is 12.1. The van der Waals surface area contributed by atoms with Crippen molar-refractivity contribution >= 4 is 5.91 Å². The van der Waals surface area contributed by atoms with Gasteiger partial charge in [-0.2, -0.15) is 13.2 Å². The van der Waals surface area contributed by atoms with Crippen molar-refractivity contribution in [1.82, 2.24) is 10.2 Å². The van der Waals surface area contributed by atoms with Crippen molar-refractivity contribution in [1.29, 1.82) is 0 Å². The molecule has 1 amide bonds. The predicted octanol–water partition coefficient (Wildman–Crippen LogP) is 1.50. The molecule has 0 saturated carbocycles. The maximum atomic E-state index is 12.1. The van der Waals surface area contributed by atoms with Crippen LogP contribution in [0.3, 0.4) is 0 Å². The molecular formula is C12H24F3N3O. The molecule has 0 aromatic carbocycles. The highest BCUT2D eigenvalue weighted by atomic mass is 19.4. The zero-order valence-electron chi connectivity index (χ0n) is 12.0. The first-order valence-corrected chi connectivity index (χ1v) is 6.29. The third-order valence-corrected chi connectivity index (χ3v) is 2.92. The summed E-state index contributed by atoms with van der Waals surface area (Å²) < 4.78 is 36.2. The Labute approximate surface area is 112 Å². The molecule has 3 N–H and O–H groups in total. The predicted molar refractivity (Wildman–Crippen MR) is 68.7 cm³/mol. The number of nitrogens with one attached hydrogen (secondary N) is 1. The summed E-state index contributed by atoms with van der Waals surface area (Å²) in [4.78, 5) is 13.0. The van der Waals surface area contributed by atoms with E-state index in [-0.39, 0.29) is 12.6 Å². The van der Waals surface area contributed by atoms with Crippen molar-refractivity contribution in [2.24, 2.45) is 5.73 Å². The second-order valence-electron chi connectivity index (χ2n) is 5.41. The molecule has 7 heteroatoms. The SMILES string of the molecule is CC(C)NC(C)(CCN(C)CCC(F)(F)F)C(N)=O. The van der Waals surface area contributed by atoms with Crippen LogP contribution in [-0.4, -0.2) is 48.7 Å². The van der Waals surface area contributed by atoms with Gasteiger partial charge in [0.15, 0.2) is 0 Å². The number of amides is 1. The molecule has 4 nitrogen and oxygen atoms in total. The largest absolute Gasteiger partial charge is 0.390 e. The molecular weight excluding hydrogens is 259 g/mol. The number of carbonyl (C=O) groups excluding carboxylic acids is 1. The van der Waals surface area contributed by atoms with Gasteiger partial charge in [0, 0.05) is 19.1 Å². The maximum Gasteiger partial charge on any atom is 0.390 e. The van der Waals surface area contributed by atoms with Gasteiger partial charge in [0.05, 0.1) is 12.0 Å². The highest BCUT2D eigenvalue weighted by molar-refractivity contribution is 5.84. The van der Waals surface area contributed by atoms with Gasteiger partial charge in [-0.15, -0.1) is 0 Å². The van der Waals surface area contributed by atoms with Gasteiger partial charge in [-0.1, -0.05) is 0 Å². The van der Waals surface area contributed by atoms with Crippen LogP contribution >= 0.6 is 0 Å². The minimum absolute atomic E-state index is 0.0676. The number of nitrogens with two attached hydrogens (primary N) is 1. The fourth-order valence-electron chi connectivity index (χ4n) is 1.75. The number of primary amides is 1. The van der Waals surface area contributed by atoms with E-state index in [2.05, 4.69) is 5.32 Å². The first-order valence-electron chi connectivity index (χ1n) is 6.29. The summed E-state index contributed by atoms with van der Waals surface area (Å²) in [7, 11) is 1.60. The van der Waals surface area contributed by atoms with E-state index in [4.69, 9.17) is 5.73 Å². The molecule has 0 aliphatic carbocycles.